The average molecular weight is 249 g/mol. The van der Waals surface area contributed by atoms with Gasteiger partial charge in [0, 0.05) is 38.6 Å². The molecule has 1 amide bonds. The van der Waals surface area contributed by atoms with Gasteiger partial charge < -0.3 is 20.3 Å². The normalized spacial score (nSPS) is 15.6. The van der Waals surface area contributed by atoms with E-state index in [-0.39, 0.29) is 5.91 Å². The molecule has 1 aromatic carbocycles. The summed E-state index contributed by atoms with van der Waals surface area (Å²) in [6, 6.07) is 5.43. The van der Waals surface area contributed by atoms with E-state index in [1.54, 1.807) is 6.07 Å². The summed E-state index contributed by atoms with van der Waals surface area (Å²) in [5.41, 5.74) is 7.93. The van der Waals surface area contributed by atoms with Crippen LogP contribution in [0, 0.1) is 0 Å². The number of rotatable bonds is 2. The van der Waals surface area contributed by atoms with Crippen LogP contribution < -0.4 is 10.6 Å². The summed E-state index contributed by atoms with van der Waals surface area (Å²) in [5, 5.41) is 0. The highest BCUT2D eigenvalue weighted by atomic mass is 16.5. The van der Waals surface area contributed by atoms with Crippen LogP contribution in [0.1, 0.15) is 10.4 Å². The third kappa shape index (κ3) is 2.56. The van der Waals surface area contributed by atoms with E-state index >= 15 is 0 Å². The lowest BCUT2D eigenvalue weighted by atomic mass is 10.1. The van der Waals surface area contributed by atoms with Crippen LogP contribution in [-0.4, -0.2) is 51.2 Å². The van der Waals surface area contributed by atoms with Crippen LogP contribution in [0.15, 0.2) is 18.2 Å². The van der Waals surface area contributed by atoms with E-state index in [0.29, 0.717) is 37.6 Å². The van der Waals surface area contributed by atoms with E-state index in [2.05, 4.69) is 0 Å². The number of carbonyl (C=O) groups is 1. The molecule has 2 N–H and O–H groups in total. The molecule has 0 radical (unpaired) electrons. The SMILES string of the molecule is CN(C)c1ccc(N)cc1C(=O)N1CCOCC1. The summed E-state index contributed by atoms with van der Waals surface area (Å²) < 4.78 is 5.26. The molecule has 5 heteroatoms. The second kappa shape index (κ2) is 5.27. The number of morpholine rings is 1. The minimum absolute atomic E-state index is 0.0225. The molecule has 0 atom stereocenters. The highest BCUT2D eigenvalue weighted by Crippen LogP contribution is 2.23. The Labute approximate surface area is 107 Å². The molecule has 1 heterocycles. The summed E-state index contributed by atoms with van der Waals surface area (Å²) in [6.07, 6.45) is 0. The van der Waals surface area contributed by atoms with Gasteiger partial charge >= 0.3 is 0 Å². The number of nitrogens with zero attached hydrogens (tertiary/aromatic N) is 2. The number of amides is 1. The number of benzene rings is 1. The Morgan fingerprint density at radius 3 is 2.61 bits per heavy atom. The summed E-state index contributed by atoms with van der Waals surface area (Å²) in [4.78, 5) is 16.2. The molecule has 1 fully saturated rings. The van der Waals surface area contributed by atoms with Gasteiger partial charge in [-0.2, -0.15) is 0 Å². The molecule has 0 spiro atoms. The first-order valence-corrected chi connectivity index (χ1v) is 6.03. The van der Waals surface area contributed by atoms with E-state index in [9.17, 15) is 4.79 Å². The molecule has 98 valence electrons. The van der Waals surface area contributed by atoms with Gasteiger partial charge in [0.1, 0.15) is 0 Å². The Bertz CT molecular complexity index is 440. The molecule has 0 aliphatic carbocycles. The van der Waals surface area contributed by atoms with E-state index < -0.39 is 0 Å². The van der Waals surface area contributed by atoms with Gasteiger partial charge in [-0.15, -0.1) is 0 Å². The molecule has 18 heavy (non-hydrogen) atoms. The van der Waals surface area contributed by atoms with Crippen LogP contribution in [0.3, 0.4) is 0 Å². The van der Waals surface area contributed by atoms with Crippen molar-refractivity contribution in [3.8, 4) is 0 Å². The number of nitrogen functional groups attached to an aromatic ring is 1. The van der Waals surface area contributed by atoms with Gasteiger partial charge in [0.05, 0.1) is 18.8 Å². The Morgan fingerprint density at radius 1 is 1.33 bits per heavy atom. The summed E-state index contributed by atoms with van der Waals surface area (Å²) in [6.45, 7) is 2.48. The smallest absolute Gasteiger partial charge is 0.256 e. The predicted molar refractivity (Wildman–Crippen MR) is 71.9 cm³/mol. The third-order valence-corrected chi connectivity index (χ3v) is 3.03. The maximum atomic E-state index is 12.5. The number of carbonyl (C=O) groups excluding carboxylic acids is 1. The van der Waals surface area contributed by atoms with Crippen molar-refractivity contribution in [1.82, 2.24) is 4.90 Å². The van der Waals surface area contributed by atoms with E-state index in [1.807, 2.05) is 36.0 Å². The summed E-state index contributed by atoms with van der Waals surface area (Å²) >= 11 is 0. The molecule has 2 rings (SSSR count). The van der Waals surface area contributed by atoms with Crippen molar-refractivity contribution < 1.29 is 9.53 Å². The number of anilines is 2. The zero-order valence-electron chi connectivity index (χ0n) is 10.8. The number of nitrogens with two attached hydrogens (primary N) is 1. The fraction of sp³-hybridized carbons (Fsp3) is 0.462. The number of hydrogen-bond acceptors (Lipinski definition) is 4. The van der Waals surface area contributed by atoms with Crippen molar-refractivity contribution in [2.45, 2.75) is 0 Å². The van der Waals surface area contributed by atoms with Gasteiger partial charge in [-0.1, -0.05) is 0 Å². The Morgan fingerprint density at radius 2 is 2.00 bits per heavy atom. The van der Waals surface area contributed by atoms with Gasteiger partial charge in [0.25, 0.3) is 5.91 Å². The molecule has 0 bridgehead atoms. The molecular weight excluding hydrogens is 230 g/mol. The zero-order chi connectivity index (χ0) is 13.1. The minimum Gasteiger partial charge on any atom is -0.399 e. The minimum atomic E-state index is 0.0225. The molecule has 0 saturated carbocycles. The summed E-state index contributed by atoms with van der Waals surface area (Å²) in [7, 11) is 3.84. The van der Waals surface area contributed by atoms with Gasteiger partial charge in [0.15, 0.2) is 0 Å². The van der Waals surface area contributed by atoms with Crippen molar-refractivity contribution in [2.24, 2.45) is 0 Å². The highest BCUT2D eigenvalue weighted by molar-refractivity contribution is 6.00. The monoisotopic (exact) mass is 249 g/mol. The maximum Gasteiger partial charge on any atom is 0.256 e. The van der Waals surface area contributed by atoms with E-state index in [1.165, 1.54) is 0 Å². The lowest BCUT2D eigenvalue weighted by molar-refractivity contribution is 0.0303. The molecule has 1 aliphatic rings. The van der Waals surface area contributed by atoms with Gasteiger partial charge in [-0.3, -0.25) is 4.79 Å². The topological polar surface area (TPSA) is 58.8 Å². The van der Waals surface area contributed by atoms with Gasteiger partial charge in [-0.05, 0) is 18.2 Å². The lowest BCUT2D eigenvalue weighted by Gasteiger charge is -2.28. The first-order chi connectivity index (χ1) is 8.59. The van der Waals surface area contributed by atoms with Crippen molar-refractivity contribution >= 4 is 17.3 Å². The average Bonchev–Trinajstić information content (AvgIpc) is 2.38. The maximum absolute atomic E-state index is 12.5. The van der Waals surface area contributed by atoms with Crippen LogP contribution in [-0.2, 0) is 4.74 Å². The molecule has 0 unspecified atom stereocenters. The second-order valence-electron chi connectivity index (χ2n) is 4.58. The van der Waals surface area contributed by atoms with Crippen LogP contribution in [0.4, 0.5) is 11.4 Å². The number of hydrogen-bond donors (Lipinski definition) is 1. The first kappa shape index (κ1) is 12.7. The molecule has 0 aromatic heterocycles. The van der Waals surface area contributed by atoms with Crippen LogP contribution in [0.25, 0.3) is 0 Å². The van der Waals surface area contributed by atoms with Crippen molar-refractivity contribution in [3.63, 3.8) is 0 Å². The van der Waals surface area contributed by atoms with Gasteiger partial charge in [-0.25, -0.2) is 0 Å². The Kier molecular flexibility index (Phi) is 3.72. The molecule has 1 aromatic rings. The fourth-order valence-corrected chi connectivity index (χ4v) is 2.05. The summed E-state index contributed by atoms with van der Waals surface area (Å²) in [5.74, 6) is 0.0225. The predicted octanol–water partition coefficient (Wildman–Crippen LogP) is 0.807. The quantitative estimate of drug-likeness (QED) is 0.788. The lowest BCUT2D eigenvalue weighted by Crippen LogP contribution is -2.41. The van der Waals surface area contributed by atoms with Crippen LogP contribution in [0.2, 0.25) is 0 Å². The largest absolute Gasteiger partial charge is 0.399 e. The second-order valence-corrected chi connectivity index (χ2v) is 4.58. The van der Waals surface area contributed by atoms with Crippen LogP contribution >= 0.6 is 0 Å². The molecular formula is C13H19N3O2. The van der Waals surface area contributed by atoms with Crippen molar-refractivity contribution in [2.75, 3.05) is 51.0 Å². The zero-order valence-corrected chi connectivity index (χ0v) is 10.8. The van der Waals surface area contributed by atoms with Crippen molar-refractivity contribution in [1.29, 1.82) is 0 Å². The molecule has 1 saturated heterocycles. The fourth-order valence-electron chi connectivity index (χ4n) is 2.05. The molecule has 5 nitrogen and oxygen atoms in total. The third-order valence-electron chi connectivity index (χ3n) is 3.03. The van der Waals surface area contributed by atoms with E-state index in [4.69, 9.17) is 10.5 Å². The van der Waals surface area contributed by atoms with Gasteiger partial charge in [0.2, 0.25) is 0 Å². The standard InChI is InChI=1S/C13H19N3O2/c1-15(2)12-4-3-10(14)9-11(12)13(17)16-5-7-18-8-6-16/h3-4,9H,5-8,14H2,1-2H3. The molecule has 1 aliphatic heterocycles. The van der Waals surface area contributed by atoms with E-state index in [0.717, 1.165) is 5.69 Å². The van der Waals surface area contributed by atoms with Crippen LogP contribution in [0.5, 0.6) is 0 Å². The van der Waals surface area contributed by atoms with Crippen molar-refractivity contribution in [3.05, 3.63) is 23.8 Å². The Balaban J connectivity index is 2.30. The Hall–Kier alpha value is -1.75. The first-order valence-electron chi connectivity index (χ1n) is 6.03. The number of ether oxygens (including phenoxy) is 1. The highest BCUT2D eigenvalue weighted by Gasteiger charge is 2.21.